The number of benzene rings is 3. The minimum absolute atomic E-state index is 0.117. The predicted octanol–water partition coefficient (Wildman–Crippen LogP) is 5.46. The summed E-state index contributed by atoms with van der Waals surface area (Å²) in [6, 6.07) is 25.4. The quantitative estimate of drug-likeness (QED) is 0.506. The monoisotopic (exact) mass is 422 g/mol. The van der Waals surface area contributed by atoms with Gasteiger partial charge in [-0.15, -0.1) is 11.8 Å². The van der Waals surface area contributed by atoms with E-state index in [0.717, 1.165) is 26.7 Å². The molecule has 0 atom stereocenters. The Kier molecular flexibility index (Phi) is 7.78. The largest absolute Gasteiger partial charge is 0.325 e. The van der Waals surface area contributed by atoms with Gasteiger partial charge in [0.25, 0.3) is 0 Å². The third-order valence-electron chi connectivity index (χ3n) is 3.90. The second-order valence-electron chi connectivity index (χ2n) is 6.37. The Bertz CT molecular complexity index is 977. The summed E-state index contributed by atoms with van der Waals surface area (Å²) >= 11 is 2.89. The summed E-state index contributed by atoms with van der Waals surface area (Å²) in [7, 11) is 0. The number of hydrogen-bond acceptors (Lipinski definition) is 4. The number of anilines is 2. The molecule has 0 bridgehead atoms. The average Bonchev–Trinajstić information content (AvgIpc) is 2.70. The molecule has 0 saturated heterocycles. The molecule has 0 saturated carbocycles. The predicted molar refractivity (Wildman–Crippen MR) is 123 cm³/mol. The Balaban J connectivity index is 1.48. The van der Waals surface area contributed by atoms with Crippen molar-refractivity contribution in [2.75, 3.05) is 22.1 Å². The normalized spacial score (nSPS) is 10.4. The van der Waals surface area contributed by atoms with Gasteiger partial charge in [0, 0.05) is 15.5 Å². The zero-order valence-corrected chi connectivity index (χ0v) is 17.7. The highest BCUT2D eigenvalue weighted by molar-refractivity contribution is 8.00. The maximum Gasteiger partial charge on any atom is 0.234 e. The number of rotatable bonds is 8. The third kappa shape index (κ3) is 7.00. The lowest BCUT2D eigenvalue weighted by Crippen LogP contribution is -2.18. The standard InChI is InChI=1S/C23H22N2O2S2/c1-17-8-7-9-18(14-17)24-22(26)15-28-16-23(27)25-20-12-5-6-13-21(20)29-19-10-3-2-4-11-19/h2-14H,15-16H2,1H3,(H,24,26)(H,25,27). The van der Waals surface area contributed by atoms with Gasteiger partial charge in [0.2, 0.25) is 11.8 Å². The summed E-state index contributed by atoms with van der Waals surface area (Å²) in [6.07, 6.45) is 0. The van der Waals surface area contributed by atoms with Crippen LogP contribution in [-0.4, -0.2) is 23.3 Å². The van der Waals surface area contributed by atoms with E-state index in [1.165, 1.54) is 11.8 Å². The van der Waals surface area contributed by atoms with E-state index in [0.29, 0.717) is 0 Å². The lowest BCUT2D eigenvalue weighted by atomic mass is 10.2. The molecule has 4 nitrogen and oxygen atoms in total. The van der Waals surface area contributed by atoms with E-state index >= 15 is 0 Å². The molecule has 0 aromatic heterocycles. The minimum atomic E-state index is -0.125. The Morgan fingerprint density at radius 3 is 2.24 bits per heavy atom. The molecular formula is C23H22N2O2S2. The molecule has 2 amide bonds. The molecule has 0 spiro atoms. The second-order valence-corrected chi connectivity index (χ2v) is 8.47. The maximum absolute atomic E-state index is 12.3. The van der Waals surface area contributed by atoms with Crippen molar-refractivity contribution in [3.63, 3.8) is 0 Å². The zero-order chi connectivity index (χ0) is 20.5. The molecule has 29 heavy (non-hydrogen) atoms. The lowest BCUT2D eigenvalue weighted by Gasteiger charge is -2.11. The van der Waals surface area contributed by atoms with Crippen LogP contribution >= 0.6 is 23.5 Å². The molecule has 2 N–H and O–H groups in total. The van der Waals surface area contributed by atoms with E-state index in [1.807, 2.05) is 85.8 Å². The molecule has 0 radical (unpaired) electrons. The fourth-order valence-electron chi connectivity index (χ4n) is 2.62. The highest BCUT2D eigenvalue weighted by Gasteiger charge is 2.10. The molecule has 6 heteroatoms. The van der Waals surface area contributed by atoms with Crippen molar-refractivity contribution in [3.8, 4) is 0 Å². The van der Waals surface area contributed by atoms with Gasteiger partial charge in [0.1, 0.15) is 0 Å². The van der Waals surface area contributed by atoms with E-state index in [2.05, 4.69) is 10.6 Å². The van der Waals surface area contributed by atoms with Gasteiger partial charge in [-0.2, -0.15) is 0 Å². The lowest BCUT2D eigenvalue weighted by molar-refractivity contribution is -0.114. The van der Waals surface area contributed by atoms with Gasteiger partial charge >= 0.3 is 0 Å². The molecule has 0 aliphatic rings. The van der Waals surface area contributed by atoms with Gasteiger partial charge in [0.15, 0.2) is 0 Å². The van der Waals surface area contributed by atoms with Crippen LogP contribution in [0.1, 0.15) is 5.56 Å². The maximum atomic E-state index is 12.3. The number of nitrogens with one attached hydrogen (secondary N) is 2. The first-order chi connectivity index (χ1) is 14.1. The van der Waals surface area contributed by atoms with E-state index in [9.17, 15) is 9.59 Å². The van der Waals surface area contributed by atoms with Crippen molar-refractivity contribution < 1.29 is 9.59 Å². The van der Waals surface area contributed by atoms with E-state index in [4.69, 9.17) is 0 Å². The molecule has 3 rings (SSSR count). The highest BCUT2D eigenvalue weighted by Crippen LogP contribution is 2.33. The van der Waals surface area contributed by atoms with Crippen LogP contribution in [0.25, 0.3) is 0 Å². The van der Waals surface area contributed by atoms with Gasteiger partial charge in [-0.25, -0.2) is 0 Å². The van der Waals surface area contributed by atoms with Crippen molar-refractivity contribution in [1.29, 1.82) is 0 Å². The van der Waals surface area contributed by atoms with Crippen LogP contribution in [0, 0.1) is 6.92 Å². The first-order valence-corrected chi connectivity index (χ1v) is 11.1. The van der Waals surface area contributed by atoms with Crippen LogP contribution < -0.4 is 10.6 Å². The van der Waals surface area contributed by atoms with Crippen LogP contribution in [0.2, 0.25) is 0 Å². The SMILES string of the molecule is Cc1cccc(NC(=O)CSCC(=O)Nc2ccccc2Sc2ccccc2)c1. The summed E-state index contributed by atoms with van der Waals surface area (Å²) in [4.78, 5) is 26.5. The molecule has 0 aliphatic heterocycles. The Labute approximate surface area is 179 Å². The highest BCUT2D eigenvalue weighted by atomic mass is 32.2. The Morgan fingerprint density at radius 2 is 1.48 bits per heavy atom. The number of thioether (sulfide) groups is 1. The van der Waals surface area contributed by atoms with E-state index in [1.54, 1.807) is 11.8 Å². The van der Waals surface area contributed by atoms with Crippen molar-refractivity contribution >= 4 is 46.7 Å². The van der Waals surface area contributed by atoms with Crippen LogP contribution in [-0.2, 0) is 9.59 Å². The Morgan fingerprint density at radius 1 is 0.793 bits per heavy atom. The number of amides is 2. The number of para-hydroxylation sites is 1. The zero-order valence-electron chi connectivity index (χ0n) is 16.1. The van der Waals surface area contributed by atoms with E-state index < -0.39 is 0 Å². The van der Waals surface area contributed by atoms with Crippen molar-refractivity contribution in [2.24, 2.45) is 0 Å². The summed E-state index contributed by atoms with van der Waals surface area (Å²) in [6.45, 7) is 1.97. The number of carbonyl (C=O) groups is 2. The third-order valence-corrected chi connectivity index (χ3v) is 5.92. The summed E-state index contributed by atoms with van der Waals surface area (Å²) in [5.41, 5.74) is 2.63. The first-order valence-electron chi connectivity index (χ1n) is 9.16. The molecule has 3 aromatic rings. The number of aryl methyl sites for hydroxylation is 1. The van der Waals surface area contributed by atoms with Crippen LogP contribution in [0.4, 0.5) is 11.4 Å². The fraction of sp³-hybridized carbons (Fsp3) is 0.130. The summed E-state index contributed by atoms with van der Waals surface area (Å²) in [5, 5.41) is 5.80. The fourth-order valence-corrected chi connectivity index (χ4v) is 4.16. The van der Waals surface area contributed by atoms with Gasteiger partial charge in [-0.3, -0.25) is 9.59 Å². The molecule has 0 fully saturated rings. The van der Waals surface area contributed by atoms with Crippen LogP contribution in [0.5, 0.6) is 0 Å². The average molecular weight is 423 g/mol. The molecule has 0 heterocycles. The summed E-state index contributed by atoms with van der Waals surface area (Å²) in [5.74, 6) is 0.195. The van der Waals surface area contributed by atoms with Crippen molar-refractivity contribution in [1.82, 2.24) is 0 Å². The van der Waals surface area contributed by atoms with Crippen LogP contribution in [0.15, 0.2) is 88.7 Å². The molecular weight excluding hydrogens is 400 g/mol. The van der Waals surface area contributed by atoms with Gasteiger partial charge < -0.3 is 10.6 Å². The van der Waals surface area contributed by atoms with E-state index in [-0.39, 0.29) is 23.3 Å². The van der Waals surface area contributed by atoms with Crippen molar-refractivity contribution in [3.05, 3.63) is 84.4 Å². The molecule has 0 aliphatic carbocycles. The second kappa shape index (κ2) is 10.7. The summed E-state index contributed by atoms with van der Waals surface area (Å²) < 4.78 is 0. The Hall–Kier alpha value is -2.70. The minimum Gasteiger partial charge on any atom is -0.325 e. The molecule has 3 aromatic carbocycles. The number of hydrogen-bond donors (Lipinski definition) is 2. The van der Waals surface area contributed by atoms with Crippen molar-refractivity contribution in [2.45, 2.75) is 16.7 Å². The topological polar surface area (TPSA) is 58.2 Å². The van der Waals surface area contributed by atoms with Gasteiger partial charge in [0.05, 0.1) is 17.2 Å². The van der Waals surface area contributed by atoms with Gasteiger partial charge in [-0.1, -0.05) is 54.2 Å². The van der Waals surface area contributed by atoms with Gasteiger partial charge in [-0.05, 0) is 48.9 Å². The smallest absolute Gasteiger partial charge is 0.234 e. The van der Waals surface area contributed by atoms with Crippen LogP contribution in [0.3, 0.4) is 0 Å². The first kappa shape index (κ1) is 21.0. The molecule has 0 unspecified atom stereocenters. The molecule has 148 valence electrons. The number of carbonyl (C=O) groups excluding carboxylic acids is 2.